The molecule has 5 heteroatoms. The summed E-state index contributed by atoms with van der Waals surface area (Å²) >= 11 is 6.81. The van der Waals surface area contributed by atoms with E-state index < -0.39 is 0 Å². The molecule has 84 valence electrons. The molecule has 15 heavy (non-hydrogen) atoms. The molecule has 3 nitrogen and oxygen atoms in total. The maximum atomic E-state index is 5.65. The summed E-state index contributed by atoms with van der Waals surface area (Å²) in [5, 5.41) is 3.27. The fourth-order valence-corrected chi connectivity index (χ4v) is 2.07. The van der Waals surface area contributed by atoms with Crippen molar-refractivity contribution in [3.8, 4) is 0 Å². The lowest BCUT2D eigenvalue weighted by Gasteiger charge is -2.23. The number of nitrogens with two attached hydrogens (primary N) is 1. The molecule has 1 aromatic rings. The Balaban J connectivity index is 2.66. The van der Waals surface area contributed by atoms with Gasteiger partial charge in [0.2, 0.25) is 0 Å². The Morgan fingerprint density at radius 3 is 2.67 bits per heavy atom. The molecule has 0 fully saturated rings. The molecule has 0 spiro atoms. The van der Waals surface area contributed by atoms with Crippen molar-refractivity contribution in [3.05, 3.63) is 21.2 Å². The smallest absolute Gasteiger partial charge is 0.140 e. The summed E-state index contributed by atoms with van der Waals surface area (Å²) in [5.74, 6) is 0.847. The first-order valence-electron chi connectivity index (χ1n) is 4.69. The minimum absolute atomic E-state index is 0.0776. The molecule has 0 aliphatic carbocycles. The molecule has 0 radical (unpaired) electrons. The van der Waals surface area contributed by atoms with Crippen molar-refractivity contribution in [2.24, 2.45) is 11.1 Å². The van der Waals surface area contributed by atoms with Gasteiger partial charge < -0.3 is 11.1 Å². The van der Waals surface area contributed by atoms with Crippen molar-refractivity contribution in [2.45, 2.75) is 13.8 Å². The normalized spacial score (nSPS) is 11.5. The van der Waals surface area contributed by atoms with Crippen LogP contribution in [-0.4, -0.2) is 18.1 Å². The van der Waals surface area contributed by atoms with E-state index in [0.29, 0.717) is 6.54 Å². The van der Waals surface area contributed by atoms with Crippen molar-refractivity contribution in [1.29, 1.82) is 0 Å². The Kier molecular flexibility index (Phi) is 4.55. The summed E-state index contributed by atoms with van der Waals surface area (Å²) in [6.07, 6.45) is 1.77. The lowest BCUT2D eigenvalue weighted by atomic mass is 9.94. The first-order chi connectivity index (χ1) is 6.94. The zero-order chi connectivity index (χ0) is 11.5. The molecule has 0 saturated heterocycles. The predicted octanol–water partition coefficient (Wildman–Crippen LogP) is 3.00. The Morgan fingerprint density at radius 1 is 1.47 bits per heavy atom. The number of nitrogens with one attached hydrogen (secondary N) is 1. The van der Waals surface area contributed by atoms with E-state index in [4.69, 9.17) is 5.73 Å². The second-order valence-electron chi connectivity index (χ2n) is 4.21. The number of nitrogens with zero attached hydrogens (tertiary/aromatic N) is 1. The summed E-state index contributed by atoms with van der Waals surface area (Å²) in [6.45, 7) is 5.68. The standard InChI is InChI=1S/C10H15Br2N3/c1-10(2,5-13)6-15-9-8(12)3-7(11)4-14-9/h3-4H,5-6,13H2,1-2H3,(H,14,15). The van der Waals surface area contributed by atoms with Gasteiger partial charge in [0.25, 0.3) is 0 Å². The Morgan fingerprint density at radius 2 is 2.13 bits per heavy atom. The van der Waals surface area contributed by atoms with Crippen LogP contribution in [0.5, 0.6) is 0 Å². The monoisotopic (exact) mass is 335 g/mol. The molecule has 0 unspecified atom stereocenters. The molecule has 1 rings (SSSR count). The molecule has 0 aromatic carbocycles. The van der Waals surface area contributed by atoms with Crippen molar-refractivity contribution in [3.63, 3.8) is 0 Å². The lowest BCUT2D eigenvalue weighted by Crippen LogP contribution is -2.31. The van der Waals surface area contributed by atoms with E-state index >= 15 is 0 Å². The van der Waals surface area contributed by atoms with Gasteiger partial charge in [-0.05, 0) is 49.9 Å². The quantitative estimate of drug-likeness (QED) is 0.888. The minimum Gasteiger partial charge on any atom is -0.369 e. The van der Waals surface area contributed by atoms with Crippen LogP contribution in [0.25, 0.3) is 0 Å². The summed E-state index contributed by atoms with van der Waals surface area (Å²) in [6, 6.07) is 1.96. The molecule has 1 aromatic heterocycles. The van der Waals surface area contributed by atoms with Crippen LogP contribution in [0.3, 0.4) is 0 Å². The second-order valence-corrected chi connectivity index (χ2v) is 5.98. The van der Waals surface area contributed by atoms with E-state index in [0.717, 1.165) is 21.3 Å². The highest BCUT2D eigenvalue weighted by Gasteiger charge is 2.15. The zero-order valence-electron chi connectivity index (χ0n) is 8.85. The summed E-state index contributed by atoms with van der Waals surface area (Å²) < 4.78 is 1.91. The lowest BCUT2D eigenvalue weighted by molar-refractivity contribution is 0.405. The van der Waals surface area contributed by atoms with Crippen molar-refractivity contribution >= 4 is 37.7 Å². The number of rotatable bonds is 4. The van der Waals surface area contributed by atoms with Gasteiger partial charge in [0.15, 0.2) is 0 Å². The molecule has 0 aliphatic heterocycles. The van der Waals surface area contributed by atoms with Crippen molar-refractivity contribution in [2.75, 3.05) is 18.4 Å². The van der Waals surface area contributed by atoms with Gasteiger partial charge in [-0.2, -0.15) is 0 Å². The first-order valence-corrected chi connectivity index (χ1v) is 6.28. The topological polar surface area (TPSA) is 50.9 Å². The fourth-order valence-electron chi connectivity index (χ4n) is 0.940. The number of hydrogen-bond donors (Lipinski definition) is 2. The van der Waals surface area contributed by atoms with Gasteiger partial charge in [-0.25, -0.2) is 4.98 Å². The van der Waals surface area contributed by atoms with Crippen LogP contribution in [0.4, 0.5) is 5.82 Å². The molecule has 0 atom stereocenters. The van der Waals surface area contributed by atoms with Crippen LogP contribution >= 0.6 is 31.9 Å². The van der Waals surface area contributed by atoms with E-state index in [2.05, 4.69) is 56.0 Å². The highest BCUT2D eigenvalue weighted by atomic mass is 79.9. The van der Waals surface area contributed by atoms with Crippen molar-refractivity contribution in [1.82, 2.24) is 4.98 Å². The van der Waals surface area contributed by atoms with Crippen LogP contribution < -0.4 is 11.1 Å². The van der Waals surface area contributed by atoms with E-state index in [-0.39, 0.29) is 5.41 Å². The van der Waals surface area contributed by atoms with Crippen LogP contribution in [0, 0.1) is 5.41 Å². The second kappa shape index (κ2) is 5.27. The highest BCUT2D eigenvalue weighted by Crippen LogP contribution is 2.24. The number of pyridine rings is 1. The van der Waals surface area contributed by atoms with Crippen LogP contribution in [0.15, 0.2) is 21.2 Å². The number of hydrogen-bond acceptors (Lipinski definition) is 3. The van der Waals surface area contributed by atoms with E-state index in [1.807, 2.05) is 6.07 Å². The zero-order valence-corrected chi connectivity index (χ0v) is 12.0. The number of aromatic nitrogens is 1. The highest BCUT2D eigenvalue weighted by molar-refractivity contribution is 9.11. The summed E-state index contributed by atoms with van der Waals surface area (Å²) in [5.41, 5.74) is 5.73. The molecular formula is C10H15Br2N3. The summed E-state index contributed by atoms with van der Waals surface area (Å²) in [7, 11) is 0. The third-order valence-electron chi connectivity index (χ3n) is 2.09. The molecule has 0 amide bonds. The van der Waals surface area contributed by atoms with Gasteiger partial charge in [-0.15, -0.1) is 0 Å². The molecule has 0 saturated carbocycles. The predicted molar refractivity (Wildman–Crippen MR) is 71.0 cm³/mol. The maximum absolute atomic E-state index is 5.65. The van der Waals surface area contributed by atoms with Gasteiger partial charge in [0, 0.05) is 17.2 Å². The number of halogens is 2. The molecule has 0 bridgehead atoms. The van der Waals surface area contributed by atoms with Gasteiger partial charge in [-0.1, -0.05) is 13.8 Å². The maximum Gasteiger partial charge on any atom is 0.140 e. The Labute approximate surface area is 107 Å². The molecular weight excluding hydrogens is 322 g/mol. The largest absolute Gasteiger partial charge is 0.369 e. The van der Waals surface area contributed by atoms with Gasteiger partial charge in [-0.3, -0.25) is 0 Å². The van der Waals surface area contributed by atoms with E-state index in [1.54, 1.807) is 6.20 Å². The Bertz CT molecular complexity index is 339. The molecule has 0 aliphatic rings. The minimum atomic E-state index is 0.0776. The van der Waals surface area contributed by atoms with Gasteiger partial charge in [0.05, 0.1) is 4.47 Å². The van der Waals surface area contributed by atoms with Crippen LogP contribution in [-0.2, 0) is 0 Å². The van der Waals surface area contributed by atoms with E-state index in [9.17, 15) is 0 Å². The molecule has 1 heterocycles. The van der Waals surface area contributed by atoms with Crippen LogP contribution in [0.2, 0.25) is 0 Å². The SMILES string of the molecule is CC(C)(CN)CNc1ncc(Br)cc1Br. The van der Waals surface area contributed by atoms with Gasteiger partial charge in [0.1, 0.15) is 5.82 Å². The third kappa shape index (κ3) is 4.09. The average molecular weight is 337 g/mol. The average Bonchev–Trinajstić information content (AvgIpc) is 2.16. The number of anilines is 1. The fraction of sp³-hybridized carbons (Fsp3) is 0.500. The van der Waals surface area contributed by atoms with Gasteiger partial charge >= 0.3 is 0 Å². The third-order valence-corrected chi connectivity index (χ3v) is 3.13. The van der Waals surface area contributed by atoms with E-state index in [1.165, 1.54) is 0 Å². The first kappa shape index (κ1) is 12.9. The van der Waals surface area contributed by atoms with Crippen LogP contribution in [0.1, 0.15) is 13.8 Å². The van der Waals surface area contributed by atoms with Crippen molar-refractivity contribution < 1.29 is 0 Å². The molecule has 3 N–H and O–H groups in total. The summed E-state index contributed by atoms with van der Waals surface area (Å²) in [4.78, 5) is 4.27. The Hall–Kier alpha value is -0.130.